The van der Waals surface area contributed by atoms with Crippen LogP contribution in [0.5, 0.6) is 0 Å². The molecule has 0 aromatic heterocycles. The number of aliphatic hydroxyl groups excluding tert-OH is 1. The Kier molecular flexibility index (Phi) is 4.51. The molecule has 0 spiro atoms. The molecule has 1 aromatic carbocycles. The van der Waals surface area contributed by atoms with E-state index in [9.17, 15) is 9.50 Å². The van der Waals surface area contributed by atoms with Gasteiger partial charge in [-0.2, -0.15) is 0 Å². The van der Waals surface area contributed by atoms with Gasteiger partial charge in [-0.3, -0.25) is 0 Å². The molecule has 0 aliphatic carbocycles. The van der Waals surface area contributed by atoms with Gasteiger partial charge in [0.1, 0.15) is 5.82 Å². The van der Waals surface area contributed by atoms with Gasteiger partial charge < -0.3 is 10.4 Å². The van der Waals surface area contributed by atoms with Crippen molar-refractivity contribution in [3.05, 3.63) is 34.6 Å². The summed E-state index contributed by atoms with van der Waals surface area (Å²) in [5, 5.41) is 12.5. The molecule has 0 radical (unpaired) electrons. The normalized spacial score (nSPS) is 15.0. The standard InChI is InChI=1S/C11H15ClFNO/c1-7(8(2)15)14-6-9-3-4-11(13)10(12)5-9/h3-5,7-8,14-15H,6H2,1-2H3. The summed E-state index contributed by atoms with van der Waals surface area (Å²) >= 11 is 5.64. The summed E-state index contributed by atoms with van der Waals surface area (Å²) in [4.78, 5) is 0. The molecule has 0 amide bonds. The van der Waals surface area contributed by atoms with Gasteiger partial charge in [0.25, 0.3) is 0 Å². The predicted molar refractivity (Wildman–Crippen MR) is 59.4 cm³/mol. The SMILES string of the molecule is CC(O)C(C)NCc1ccc(F)c(Cl)c1. The summed E-state index contributed by atoms with van der Waals surface area (Å²) in [5.74, 6) is -0.413. The molecular weight excluding hydrogens is 217 g/mol. The monoisotopic (exact) mass is 231 g/mol. The van der Waals surface area contributed by atoms with Crippen LogP contribution in [0.25, 0.3) is 0 Å². The second-order valence-electron chi connectivity index (χ2n) is 3.66. The fraction of sp³-hybridized carbons (Fsp3) is 0.455. The van der Waals surface area contributed by atoms with E-state index in [1.54, 1.807) is 19.1 Å². The van der Waals surface area contributed by atoms with Crippen molar-refractivity contribution in [2.24, 2.45) is 0 Å². The van der Waals surface area contributed by atoms with E-state index in [1.165, 1.54) is 6.07 Å². The maximum Gasteiger partial charge on any atom is 0.141 e. The zero-order valence-electron chi connectivity index (χ0n) is 8.80. The zero-order chi connectivity index (χ0) is 11.4. The Morgan fingerprint density at radius 3 is 2.67 bits per heavy atom. The molecule has 2 nitrogen and oxygen atoms in total. The smallest absolute Gasteiger partial charge is 0.141 e. The first-order chi connectivity index (χ1) is 7.00. The number of benzene rings is 1. The minimum Gasteiger partial charge on any atom is -0.392 e. The Morgan fingerprint density at radius 1 is 1.47 bits per heavy atom. The third kappa shape index (κ3) is 3.78. The molecule has 2 unspecified atom stereocenters. The average Bonchev–Trinajstić information content (AvgIpc) is 2.19. The van der Waals surface area contributed by atoms with Crippen LogP contribution in [0.3, 0.4) is 0 Å². The fourth-order valence-corrected chi connectivity index (χ4v) is 1.30. The molecule has 0 heterocycles. The minimum atomic E-state index is -0.416. The molecule has 2 N–H and O–H groups in total. The molecule has 15 heavy (non-hydrogen) atoms. The lowest BCUT2D eigenvalue weighted by atomic mass is 10.2. The molecule has 1 rings (SSSR count). The highest BCUT2D eigenvalue weighted by molar-refractivity contribution is 6.30. The van der Waals surface area contributed by atoms with E-state index in [4.69, 9.17) is 11.6 Å². The molecule has 0 bridgehead atoms. The number of hydrogen-bond acceptors (Lipinski definition) is 2. The van der Waals surface area contributed by atoms with E-state index in [2.05, 4.69) is 5.32 Å². The highest BCUT2D eigenvalue weighted by atomic mass is 35.5. The molecule has 1 aromatic rings. The van der Waals surface area contributed by atoms with Crippen molar-refractivity contribution in [3.63, 3.8) is 0 Å². The van der Waals surface area contributed by atoms with Gasteiger partial charge in [-0.15, -0.1) is 0 Å². The van der Waals surface area contributed by atoms with E-state index in [-0.39, 0.29) is 11.1 Å². The van der Waals surface area contributed by atoms with Crippen LogP contribution in [-0.2, 0) is 6.54 Å². The third-order valence-electron chi connectivity index (χ3n) is 2.34. The molecule has 0 fully saturated rings. The number of hydrogen-bond donors (Lipinski definition) is 2. The summed E-state index contributed by atoms with van der Waals surface area (Å²) in [6.07, 6.45) is -0.416. The first-order valence-corrected chi connectivity index (χ1v) is 5.24. The van der Waals surface area contributed by atoms with Gasteiger partial charge in [0.15, 0.2) is 0 Å². The molecule has 4 heteroatoms. The Bertz CT molecular complexity index is 330. The number of nitrogens with one attached hydrogen (secondary N) is 1. The highest BCUT2D eigenvalue weighted by Gasteiger charge is 2.08. The van der Waals surface area contributed by atoms with Crippen molar-refractivity contribution in [2.75, 3.05) is 0 Å². The van der Waals surface area contributed by atoms with Gasteiger partial charge in [-0.25, -0.2) is 4.39 Å². The fourth-order valence-electron chi connectivity index (χ4n) is 1.10. The quantitative estimate of drug-likeness (QED) is 0.834. The maximum absolute atomic E-state index is 12.8. The summed E-state index contributed by atoms with van der Waals surface area (Å²) in [7, 11) is 0. The van der Waals surface area contributed by atoms with Crippen LogP contribution in [0.2, 0.25) is 5.02 Å². The Morgan fingerprint density at radius 2 is 2.13 bits per heavy atom. The molecule has 84 valence electrons. The van der Waals surface area contributed by atoms with Gasteiger partial charge in [0, 0.05) is 12.6 Å². The largest absolute Gasteiger partial charge is 0.392 e. The number of rotatable bonds is 4. The maximum atomic E-state index is 12.8. The average molecular weight is 232 g/mol. The van der Waals surface area contributed by atoms with Crippen molar-refractivity contribution in [1.82, 2.24) is 5.32 Å². The van der Waals surface area contributed by atoms with E-state index in [0.29, 0.717) is 6.54 Å². The lowest BCUT2D eigenvalue weighted by Crippen LogP contribution is -2.34. The summed E-state index contributed by atoms with van der Waals surface area (Å²) in [5.41, 5.74) is 0.897. The van der Waals surface area contributed by atoms with Gasteiger partial charge in [0.2, 0.25) is 0 Å². The zero-order valence-corrected chi connectivity index (χ0v) is 9.55. The van der Waals surface area contributed by atoms with Crippen LogP contribution < -0.4 is 5.32 Å². The second-order valence-corrected chi connectivity index (χ2v) is 4.07. The predicted octanol–water partition coefficient (Wildman–Crippen LogP) is 2.34. The van der Waals surface area contributed by atoms with Crippen LogP contribution in [0, 0.1) is 5.82 Å². The Hall–Kier alpha value is -0.640. The second kappa shape index (κ2) is 5.45. The first kappa shape index (κ1) is 12.4. The van der Waals surface area contributed by atoms with Crippen molar-refractivity contribution >= 4 is 11.6 Å². The van der Waals surface area contributed by atoms with Gasteiger partial charge >= 0.3 is 0 Å². The van der Waals surface area contributed by atoms with Crippen molar-refractivity contribution < 1.29 is 9.50 Å². The van der Waals surface area contributed by atoms with Crippen LogP contribution in [0.4, 0.5) is 4.39 Å². The van der Waals surface area contributed by atoms with Crippen molar-refractivity contribution in [3.8, 4) is 0 Å². The molecule has 2 atom stereocenters. The summed E-state index contributed by atoms with van der Waals surface area (Å²) in [6, 6.07) is 4.59. The molecule has 0 aliphatic rings. The molecule has 0 saturated heterocycles. The van der Waals surface area contributed by atoms with Gasteiger partial charge in [0.05, 0.1) is 11.1 Å². The lowest BCUT2D eigenvalue weighted by Gasteiger charge is -2.16. The number of halogens is 2. The number of aliphatic hydroxyl groups is 1. The van der Waals surface area contributed by atoms with Crippen LogP contribution in [0.1, 0.15) is 19.4 Å². The highest BCUT2D eigenvalue weighted by Crippen LogP contribution is 2.15. The summed E-state index contributed by atoms with van der Waals surface area (Å²) < 4.78 is 12.8. The molecular formula is C11H15ClFNO. The summed E-state index contributed by atoms with van der Waals surface area (Å²) in [6.45, 7) is 4.16. The van der Waals surface area contributed by atoms with Gasteiger partial charge in [-0.05, 0) is 31.5 Å². The van der Waals surface area contributed by atoms with Gasteiger partial charge in [-0.1, -0.05) is 17.7 Å². The minimum absolute atomic E-state index is 0.00571. The van der Waals surface area contributed by atoms with Crippen LogP contribution in [-0.4, -0.2) is 17.3 Å². The molecule has 0 saturated carbocycles. The van der Waals surface area contributed by atoms with Crippen LogP contribution in [0.15, 0.2) is 18.2 Å². The van der Waals surface area contributed by atoms with E-state index in [0.717, 1.165) is 5.56 Å². The Balaban J connectivity index is 2.55. The van der Waals surface area contributed by atoms with E-state index in [1.807, 2.05) is 6.92 Å². The third-order valence-corrected chi connectivity index (χ3v) is 2.63. The van der Waals surface area contributed by atoms with E-state index >= 15 is 0 Å². The van der Waals surface area contributed by atoms with E-state index < -0.39 is 11.9 Å². The van der Waals surface area contributed by atoms with Crippen molar-refractivity contribution in [1.29, 1.82) is 0 Å². The topological polar surface area (TPSA) is 32.3 Å². The molecule has 0 aliphatic heterocycles. The van der Waals surface area contributed by atoms with Crippen molar-refractivity contribution in [2.45, 2.75) is 32.5 Å². The first-order valence-electron chi connectivity index (χ1n) is 4.86. The Labute approximate surface area is 94.1 Å². The van der Waals surface area contributed by atoms with Crippen LogP contribution >= 0.6 is 11.6 Å². The lowest BCUT2D eigenvalue weighted by molar-refractivity contribution is 0.152.